The first kappa shape index (κ1) is 21.3. The Hall–Kier alpha value is -4.59. The average Bonchev–Trinajstić information content (AvgIpc) is 3.54. The molecule has 0 aliphatic rings. The molecule has 34 heavy (non-hydrogen) atoms. The fraction of sp³-hybridized carbons (Fsp3) is 0.115. The highest BCUT2D eigenvalue weighted by Gasteiger charge is 2.25. The number of carbonyl (C=O) groups is 1. The first-order valence-corrected chi connectivity index (χ1v) is 10.8. The maximum absolute atomic E-state index is 13.2. The number of para-hydroxylation sites is 1. The molecule has 1 unspecified atom stereocenters. The van der Waals surface area contributed by atoms with Crippen LogP contribution in [0.25, 0.3) is 28.4 Å². The van der Waals surface area contributed by atoms with Crippen LogP contribution in [-0.2, 0) is 4.74 Å². The van der Waals surface area contributed by atoms with Gasteiger partial charge in [-0.05, 0) is 50.2 Å². The fourth-order valence-corrected chi connectivity index (χ4v) is 3.44. The van der Waals surface area contributed by atoms with Gasteiger partial charge in [-0.3, -0.25) is 4.98 Å². The lowest BCUT2D eigenvalue weighted by Crippen LogP contribution is -2.10. The van der Waals surface area contributed by atoms with Crippen LogP contribution in [0, 0.1) is 6.92 Å². The molecule has 8 heteroatoms. The van der Waals surface area contributed by atoms with Crippen molar-refractivity contribution in [2.75, 3.05) is 0 Å². The molecule has 8 nitrogen and oxygen atoms in total. The van der Waals surface area contributed by atoms with Crippen LogP contribution in [0.4, 0.5) is 0 Å². The van der Waals surface area contributed by atoms with E-state index in [9.17, 15) is 4.79 Å². The SMILES string of the molecule is Cc1ccc(-c2nnc(C(C)OC(=O)c3cn(-c4ccccc4)nc3-c3cccnc3)o2)cc1. The minimum absolute atomic E-state index is 0.210. The van der Waals surface area contributed by atoms with E-state index in [4.69, 9.17) is 9.15 Å². The van der Waals surface area contributed by atoms with Crippen molar-refractivity contribution in [2.24, 2.45) is 0 Å². The monoisotopic (exact) mass is 451 g/mol. The van der Waals surface area contributed by atoms with Gasteiger partial charge in [-0.1, -0.05) is 35.9 Å². The van der Waals surface area contributed by atoms with Gasteiger partial charge in [-0.25, -0.2) is 9.48 Å². The van der Waals surface area contributed by atoms with E-state index in [0.29, 0.717) is 22.7 Å². The molecule has 1 atom stereocenters. The highest BCUT2D eigenvalue weighted by Crippen LogP contribution is 2.27. The molecule has 0 spiro atoms. The minimum atomic E-state index is -0.749. The summed E-state index contributed by atoms with van der Waals surface area (Å²) >= 11 is 0. The van der Waals surface area contributed by atoms with E-state index >= 15 is 0 Å². The predicted octanol–water partition coefficient (Wildman–Crippen LogP) is 5.21. The second kappa shape index (κ2) is 9.11. The Morgan fingerprint density at radius 2 is 1.76 bits per heavy atom. The smallest absolute Gasteiger partial charge is 0.342 e. The van der Waals surface area contributed by atoms with Gasteiger partial charge in [0.05, 0.1) is 5.69 Å². The number of carbonyl (C=O) groups excluding carboxylic acids is 1. The van der Waals surface area contributed by atoms with Gasteiger partial charge in [0.1, 0.15) is 11.3 Å². The number of aromatic nitrogens is 5. The van der Waals surface area contributed by atoms with E-state index in [1.807, 2.05) is 67.6 Å². The van der Waals surface area contributed by atoms with Crippen molar-refractivity contribution < 1.29 is 13.9 Å². The Bertz CT molecular complexity index is 1410. The van der Waals surface area contributed by atoms with Gasteiger partial charge in [-0.2, -0.15) is 5.10 Å². The van der Waals surface area contributed by atoms with Crippen molar-refractivity contribution in [3.8, 4) is 28.4 Å². The maximum Gasteiger partial charge on any atom is 0.342 e. The van der Waals surface area contributed by atoms with Gasteiger partial charge in [0, 0.05) is 29.7 Å². The Morgan fingerprint density at radius 3 is 2.50 bits per heavy atom. The third-order valence-electron chi connectivity index (χ3n) is 5.26. The molecule has 0 saturated carbocycles. The van der Waals surface area contributed by atoms with Crippen molar-refractivity contribution in [3.05, 3.63) is 102 Å². The van der Waals surface area contributed by atoms with Crippen LogP contribution < -0.4 is 0 Å². The van der Waals surface area contributed by atoms with Crippen LogP contribution in [0.2, 0.25) is 0 Å². The first-order valence-electron chi connectivity index (χ1n) is 10.8. The second-order valence-electron chi connectivity index (χ2n) is 7.77. The molecule has 0 bridgehead atoms. The van der Waals surface area contributed by atoms with Gasteiger partial charge >= 0.3 is 5.97 Å². The lowest BCUT2D eigenvalue weighted by molar-refractivity contribution is 0.0281. The summed E-state index contributed by atoms with van der Waals surface area (Å²) in [6, 6.07) is 20.9. The summed E-state index contributed by atoms with van der Waals surface area (Å²) in [6.45, 7) is 3.69. The number of hydrogen-bond acceptors (Lipinski definition) is 7. The average molecular weight is 451 g/mol. The number of aryl methyl sites for hydroxylation is 1. The molecule has 0 N–H and O–H groups in total. The summed E-state index contributed by atoms with van der Waals surface area (Å²) in [5.74, 6) is 0.0248. The number of rotatable bonds is 6. The van der Waals surface area contributed by atoms with Crippen LogP contribution in [0.1, 0.15) is 34.8 Å². The molecular formula is C26H21N5O3. The van der Waals surface area contributed by atoms with E-state index in [-0.39, 0.29) is 5.89 Å². The number of nitrogens with zero attached hydrogens (tertiary/aromatic N) is 5. The number of benzene rings is 2. The van der Waals surface area contributed by atoms with Gasteiger partial charge in [-0.15, -0.1) is 10.2 Å². The van der Waals surface area contributed by atoms with Gasteiger partial charge < -0.3 is 9.15 Å². The van der Waals surface area contributed by atoms with Crippen LogP contribution in [0.5, 0.6) is 0 Å². The normalized spacial score (nSPS) is 11.8. The van der Waals surface area contributed by atoms with E-state index in [0.717, 1.165) is 16.8 Å². The number of ether oxygens (including phenoxy) is 1. The Morgan fingerprint density at radius 1 is 0.971 bits per heavy atom. The fourth-order valence-electron chi connectivity index (χ4n) is 3.44. The van der Waals surface area contributed by atoms with E-state index in [1.165, 1.54) is 0 Å². The zero-order valence-corrected chi connectivity index (χ0v) is 18.6. The molecule has 5 rings (SSSR count). The van der Waals surface area contributed by atoms with E-state index in [1.54, 1.807) is 36.3 Å². The highest BCUT2D eigenvalue weighted by molar-refractivity contribution is 5.96. The largest absolute Gasteiger partial charge is 0.449 e. The van der Waals surface area contributed by atoms with Crippen molar-refractivity contribution in [1.82, 2.24) is 25.0 Å². The summed E-state index contributed by atoms with van der Waals surface area (Å²) in [5, 5.41) is 12.8. The summed E-state index contributed by atoms with van der Waals surface area (Å²) in [6.07, 6.45) is 4.22. The molecule has 3 heterocycles. The zero-order valence-electron chi connectivity index (χ0n) is 18.6. The quantitative estimate of drug-likeness (QED) is 0.327. The Labute approximate surface area is 195 Å². The van der Waals surface area contributed by atoms with Crippen LogP contribution in [0.3, 0.4) is 0 Å². The molecule has 168 valence electrons. The molecule has 2 aromatic carbocycles. The van der Waals surface area contributed by atoms with E-state index in [2.05, 4.69) is 20.3 Å². The molecule has 0 aliphatic carbocycles. The topological polar surface area (TPSA) is 95.9 Å². The molecule has 0 radical (unpaired) electrons. The second-order valence-corrected chi connectivity index (χ2v) is 7.77. The maximum atomic E-state index is 13.2. The Kier molecular flexibility index (Phi) is 5.70. The number of hydrogen-bond donors (Lipinski definition) is 0. The van der Waals surface area contributed by atoms with Gasteiger partial charge in [0.2, 0.25) is 5.89 Å². The zero-order chi connectivity index (χ0) is 23.5. The van der Waals surface area contributed by atoms with E-state index < -0.39 is 12.1 Å². The van der Waals surface area contributed by atoms with Crippen molar-refractivity contribution >= 4 is 5.97 Å². The van der Waals surface area contributed by atoms with Crippen LogP contribution in [-0.4, -0.2) is 30.9 Å². The first-order chi connectivity index (χ1) is 16.6. The van der Waals surface area contributed by atoms with Gasteiger partial charge in [0.15, 0.2) is 6.10 Å². The molecule has 0 aliphatic heterocycles. The lowest BCUT2D eigenvalue weighted by Gasteiger charge is -2.09. The van der Waals surface area contributed by atoms with Crippen LogP contribution in [0.15, 0.2) is 89.7 Å². The van der Waals surface area contributed by atoms with Crippen molar-refractivity contribution in [1.29, 1.82) is 0 Å². The molecule has 0 saturated heterocycles. The third-order valence-corrected chi connectivity index (χ3v) is 5.26. The van der Waals surface area contributed by atoms with Crippen molar-refractivity contribution in [2.45, 2.75) is 20.0 Å². The summed E-state index contributed by atoms with van der Waals surface area (Å²) in [4.78, 5) is 17.3. The lowest BCUT2D eigenvalue weighted by atomic mass is 10.1. The Balaban J connectivity index is 1.42. The number of pyridine rings is 1. The standard InChI is InChI=1S/C26H21N5O3/c1-17-10-12-19(13-11-17)25-29-28-24(34-25)18(2)33-26(32)22-16-31(21-8-4-3-5-9-21)30-23(22)20-7-6-14-27-15-20/h3-16,18H,1-2H3. The third kappa shape index (κ3) is 4.33. The summed E-state index contributed by atoms with van der Waals surface area (Å²) < 4.78 is 13.1. The molecule has 0 fully saturated rings. The van der Waals surface area contributed by atoms with Crippen LogP contribution >= 0.6 is 0 Å². The summed E-state index contributed by atoms with van der Waals surface area (Å²) in [7, 11) is 0. The van der Waals surface area contributed by atoms with Crippen molar-refractivity contribution in [3.63, 3.8) is 0 Å². The minimum Gasteiger partial charge on any atom is -0.449 e. The summed E-state index contributed by atoms with van der Waals surface area (Å²) in [5.41, 5.74) is 4.23. The molecule has 0 amide bonds. The highest BCUT2D eigenvalue weighted by atomic mass is 16.6. The molecular weight excluding hydrogens is 430 g/mol. The molecule has 5 aromatic rings. The number of esters is 1. The van der Waals surface area contributed by atoms with Gasteiger partial charge in [0.25, 0.3) is 5.89 Å². The predicted molar refractivity (Wildman–Crippen MR) is 125 cm³/mol. The molecule has 3 aromatic heterocycles.